The highest BCUT2D eigenvalue weighted by Crippen LogP contribution is 2.26. The molecule has 0 radical (unpaired) electrons. The van der Waals surface area contributed by atoms with Gasteiger partial charge >= 0.3 is 0 Å². The minimum absolute atomic E-state index is 0.137. The average molecular weight is 310 g/mol. The molecule has 0 atom stereocenters. The van der Waals surface area contributed by atoms with E-state index in [0.717, 1.165) is 24.3 Å². The molecule has 0 bridgehead atoms. The summed E-state index contributed by atoms with van der Waals surface area (Å²) >= 11 is 5.86. The van der Waals surface area contributed by atoms with Gasteiger partial charge in [0.25, 0.3) is 0 Å². The molecule has 0 aliphatic carbocycles. The van der Waals surface area contributed by atoms with E-state index in [4.69, 9.17) is 11.6 Å². The number of carbonyl (C=O) groups excluding carboxylic acids is 1. The van der Waals surface area contributed by atoms with Crippen molar-refractivity contribution in [2.24, 2.45) is 5.41 Å². The first-order valence-corrected chi connectivity index (χ1v) is 8.01. The number of hydrogen-bond acceptors (Lipinski definition) is 1. The van der Waals surface area contributed by atoms with E-state index in [1.807, 2.05) is 24.3 Å². The maximum Gasteiger partial charge on any atom is 0.220 e. The van der Waals surface area contributed by atoms with Crippen LogP contribution < -0.4 is 5.32 Å². The van der Waals surface area contributed by atoms with Crippen molar-refractivity contribution in [3.8, 4) is 0 Å². The fraction of sp³-hybridized carbons (Fsp3) is 0.611. The topological polar surface area (TPSA) is 29.1 Å². The van der Waals surface area contributed by atoms with Crippen molar-refractivity contribution < 1.29 is 4.79 Å². The Morgan fingerprint density at radius 2 is 1.67 bits per heavy atom. The molecule has 0 saturated carbocycles. The quantitative estimate of drug-likeness (QED) is 0.787. The van der Waals surface area contributed by atoms with Crippen molar-refractivity contribution in [2.45, 2.75) is 65.8 Å². The highest BCUT2D eigenvalue weighted by Gasteiger charge is 2.26. The van der Waals surface area contributed by atoms with E-state index < -0.39 is 0 Å². The first-order valence-electron chi connectivity index (χ1n) is 7.63. The summed E-state index contributed by atoms with van der Waals surface area (Å²) in [5.41, 5.74) is 1.27. The number of carbonyl (C=O) groups is 1. The molecule has 1 aromatic carbocycles. The molecule has 118 valence electrons. The van der Waals surface area contributed by atoms with Crippen molar-refractivity contribution in [1.82, 2.24) is 5.32 Å². The van der Waals surface area contributed by atoms with E-state index in [-0.39, 0.29) is 16.9 Å². The van der Waals surface area contributed by atoms with E-state index in [9.17, 15) is 4.79 Å². The smallest absolute Gasteiger partial charge is 0.220 e. The van der Waals surface area contributed by atoms with Crippen LogP contribution in [0.1, 0.15) is 59.4 Å². The second-order valence-electron chi connectivity index (χ2n) is 7.65. The van der Waals surface area contributed by atoms with Crippen LogP contribution in [-0.2, 0) is 11.2 Å². The molecule has 0 fully saturated rings. The molecule has 0 spiro atoms. The zero-order valence-corrected chi connectivity index (χ0v) is 14.7. The maximum atomic E-state index is 12.1. The number of hydrogen-bond donors (Lipinski definition) is 1. The Hall–Kier alpha value is -1.02. The van der Waals surface area contributed by atoms with Gasteiger partial charge in [0, 0.05) is 17.0 Å². The van der Waals surface area contributed by atoms with E-state index in [1.165, 1.54) is 5.56 Å². The largest absolute Gasteiger partial charge is 0.351 e. The average Bonchev–Trinajstić information content (AvgIpc) is 2.27. The standard InChI is InChI=1S/C18H28ClNO/c1-17(2,3)13-18(4,5)20-16(21)8-6-7-14-9-11-15(19)12-10-14/h9-12H,6-8,13H2,1-5H3,(H,20,21). The fourth-order valence-corrected chi connectivity index (χ4v) is 3.04. The third-order valence-corrected chi connectivity index (χ3v) is 3.48. The normalized spacial score (nSPS) is 12.3. The lowest BCUT2D eigenvalue weighted by Gasteiger charge is -2.33. The van der Waals surface area contributed by atoms with Crippen LogP contribution in [-0.4, -0.2) is 11.4 Å². The Kier molecular flexibility index (Phi) is 6.27. The number of aryl methyl sites for hydroxylation is 1. The van der Waals surface area contributed by atoms with Gasteiger partial charge in [-0.25, -0.2) is 0 Å². The van der Waals surface area contributed by atoms with Crippen molar-refractivity contribution in [1.29, 1.82) is 0 Å². The highest BCUT2D eigenvalue weighted by atomic mass is 35.5. The summed E-state index contributed by atoms with van der Waals surface area (Å²) in [7, 11) is 0. The Bertz CT molecular complexity index is 457. The third kappa shape index (κ3) is 8.11. The van der Waals surface area contributed by atoms with Crippen molar-refractivity contribution in [2.75, 3.05) is 0 Å². The molecule has 3 heteroatoms. The summed E-state index contributed by atoms with van der Waals surface area (Å²) < 4.78 is 0. The summed E-state index contributed by atoms with van der Waals surface area (Å²) in [6.45, 7) is 10.8. The van der Waals surface area contributed by atoms with Crippen LogP contribution >= 0.6 is 11.6 Å². The highest BCUT2D eigenvalue weighted by molar-refractivity contribution is 6.30. The molecule has 21 heavy (non-hydrogen) atoms. The van der Waals surface area contributed by atoms with Gasteiger partial charge < -0.3 is 5.32 Å². The van der Waals surface area contributed by atoms with Crippen LogP contribution in [0.15, 0.2) is 24.3 Å². The van der Waals surface area contributed by atoms with Gasteiger partial charge in [0.2, 0.25) is 5.91 Å². The van der Waals surface area contributed by atoms with Gasteiger partial charge in [-0.2, -0.15) is 0 Å². The van der Waals surface area contributed by atoms with E-state index in [1.54, 1.807) is 0 Å². The van der Waals surface area contributed by atoms with Crippen molar-refractivity contribution in [3.63, 3.8) is 0 Å². The van der Waals surface area contributed by atoms with Crippen LogP contribution in [0.3, 0.4) is 0 Å². The zero-order valence-electron chi connectivity index (χ0n) is 13.9. The summed E-state index contributed by atoms with van der Waals surface area (Å²) in [5.74, 6) is 0.137. The van der Waals surface area contributed by atoms with E-state index in [2.05, 4.69) is 39.9 Å². The van der Waals surface area contributed by atoms with Crippen molar-refractivity contribution in [3.05, 3.63) is 34.9 Å². The second kappa shape index (κ2) is 7.31. The lowest BCUT2D eigenvalue weighted by molar-refractivity contribution is -0.123. The van der Waals surface area contributed by atoms with E-state index in [0.29, 0.717) is 6.42 Å². The van der Waals surface area contributed by atoms with Crippen molar-refractivity contribution >= 4 is 17.5 Å². The molecule has 0 aliphatic rings. The Labute approximate surface area is 134 Å². The molecule has 1 aromatic rings. The van der Waals surface area contributed by atoms with Gasteiger partial charge in [0.1, 0.15) is 0 Å². The van der Waals surface area contributed by atoms with Gasteiger partial charge in [0.05, 0.1) is 0 Å². The van der Waals surface area contributed by atoms with Crippen LogP contribution in [0.5, 0.6) is 0 Å². The number of amides is 1. The van der Waals surface area contributed by atoms with E-state index >= 15 is 0 Å². The molecule has 0 unspecified atom stereocenters. The molecular formula is C18H28ClNO. The lowest BCUT2D eigenvalue weighted by atomic mass is 9.81. The molecule has 1 amide bonds. The Morgan fingerprint density at radius 3 is 2.19 bits per heavy atom. The number of nitrogens with one attached hydrogen (secondary N) is 1. The number of benzene rings is 1. The summed E-state index contributed by atoms with van der Waals surface area (Å²) in [5, 5.41) is 3.90. The summed E-state index contributed by atoms with van der Waals surface area (Å²) in [4.78, 5) is 12.1. The summed E-state index contributed by atoms with van der Waals surface area (Å²) in [6.07, 6.45) is 3.29. The first-order chi connectivity index (χ1) is 9.57. The lowest BCUT2D eigenvalue weighted by Crippen LogP contribution is -2.45. The first kappa shape index (κ1) is 18.0. The minimum atomic E-state index is -0.157. The SMILES string of the molecule is CC(C)(C)CC(C)(C)NC(=O)CCCc1ccc(Cl)cc1. The second-order valence-corrected chi connectivity index (χ2v) is 8.09. The maximum absolute atomic E-state index is 12.1. The molecule has 0 saturated heterocycles. The Balaban J connectivity index is 2.35. The van der Waals surface area contributed by atoms with Crippen LogP contribution in [0.2, 0.25) is 5.02 Å². The molecule has 2 nitrogen and oxygen atoms in total. The van der Waals surface area contributed by atoms with Crippen LogP contribution in [0.4, 0.5) is 0 Å². The molecule has 0 aliphatic heterocycles. The Morgan fingerprint density at radius 1 is 1.10 bits per heavy atom. The summed E-state index contributed by atoms with van der Waals surface area (Å²) in [6, 6.07) is 7.82. The predicted molar refractivity (Wildman–Crippen MR) is 90.7 cm³/mol. The van der Waals surface area contributed by atoms with Gasteiger partial charge in [-0.1, -0.05) is 44.5 Å². The zero-order chi connectivity index (χ0) is 16.1. The third-order valence-electron chi connectivity index (χ3n) is 3.23. The minimum Gasteiger partial charge on any atom is -0.351 e. The predicted octanol–water partition coefficient (Wildman–Crippen LogP) is 4.99. The fourth-order valence-electron chi connectivity index (χ4n) is 2.91. The molecular weight excluding hydrogens is 282 g/mol. The molecule has 1 rings (SSSR count). The monoisotopic (exact) mass is 309 g/mol. The molecule has 0 heterocycles. The van der Waals surface area contributed by atoms with Crippen LogP contribution in [0, 0.1) is 5.41 Å². The number of halogens is 1. The van der Waals surface area contributed by atoms with Gasteiger partial charge in [-0.3, -0.25) is 4.79 Å². The molecule has 1 N–H and O–H groups in total. The molecule has 0 aromatic heterocycles. The van der Waals surface area contributed by atoms with Gasteiger partial charge in [-0.05, 0) is 56.2 Å². The van der Waals surface area contributed by atoms with Gasteiger partial charge in [0.15, 0.2) is 0 Å². The van der Waals surface area contributed by atoms with Crippen LogP contribution in [0.25, 0.3) is 0 Å². The van der Waals surface area contributed by atoms with Gasteiger partial charge in [-0.15, -0.1) is 0 Å². The number of rotatable bonds is 6.